The molecule has 2 aliphatic heterocycles. The summed E-state index contributed by atoms with van der Waals surface area (Å²) >= 11 is 0. The highest BCUT2D eigenvalue weighted by atomic mass is 16.6. The molecule has 2 N–H and O–H groups in total. The predicted molar refractivity (Wildman–Crippen MR) is 105 cm³/mol. The Morgan fingerprint density at radius 2 is 1.89 bits per heavy atom. The average Bonchev–Trinajstić information content (AvgIpc) is 2.81. The summed E-state index contributed by atoms with van der Waals surface area (Å²) in [4.78, 5) is 28.8. The van der Waals surface area contributed by atoms with Crippen LogP contribution in [0.15, 0.2) is 24.3 Å². The van der Waals surface area contributed by atoms with Crippen molar-refractivity contribution in [3.63, 3.8) is 0 Å². The molecule has 2 heterocycles. The number of hydrogen-bond acceptors (Lipinski definition) is 5. The fourth-order valence-corrected chi connectivity index (χ4v) is 4.08. The van der Waals surface area contributed by atoms with E-state index in [-0.39, 0.29) is 18.6 Å². The molecule has 0 bridgehead atoms. The number of piperidine rings is 1. The number of para-hydroxylation sites is 1. The second-order valence-electron chi connectivity index (χ2n) is 8.80. The topological polar surface area (TPSA) is 90.3 Å². The molecule has 2 amide bonds. The van der Waals surface area contributed by atoms with Crippen molar-refractivity contribution in [3.05, 3.63) is 29.8 Å². The second-order valence-corrected chi connectivity index (χ2v) is 8.80. The van der Waals surface area contributed by atoms with E-state index >= 15 is 0 Å². The highest BCUT2D eigenvalue weighted by Crippen LogP contribution is 2.45. The molecule has 154 valence electrons. The van der Waals surface area contributed by atoms with Crippen molar-refractivity contribution in [1.29, 1.82) is 0 Å². The van der Waals surface area contributed by atoms with Gasteiger partial charge >= 0.3 is 6.09 Å². The first-order chi connectivity index (χ1) is 13.0. The van der Waals surface area contributed by atoms with Gasteiger partial charge in [-0.3, -0.25) is 4.79 Å². The lowest BCUT2D eigenvalue weighted by Gasteiger charge is -2.38. The Balaban J connectivity index is 1.77. The maximum Gasteiger partial charge on any atom is 0.410 e. The zero-order valence-corrected chi connectivity index (χ0v) is 17.0. The number of amides is 2. The van der Waals surface area contributed by atoms with Gasteiger partial charge in [-0.25, -0.2) is 4.79 Å². The van der Waals surface area contributed by atoms with Crippen molar-refractivity contribution in [2.24, 2.45) is 0 Å². The number of fused-ring (bicyclic) bond motifs is 1. The molecule has 0 aromatic heterocycles. The molecule has 0 saturated carbocycles. The largest absolute Gasteiger partial charge is 0.444 e. The summed E-state index contributed by atoms with van der Waals surface area (Å²) in [6.45, 7) is 8.04. The highest BCUT2D eigenvalue weighted by molar-refractivity contribution is 6.07. The molecule has 1 aromatic carbocycles. The molecule has 1 aromatic rings. The van der Waals surface area contributed by atoms with E-state index in [1.807, 2.05) is 32.9 Å². The highest BCUT2D eigenvalue weighted by Gasteiger charge is 2.52. The van der Waals surface area contributed by atoms with Crippen LogP contribution >= 0.6 is 0 Å². The lowest BCUT2D eigenvalue weighted by molar-refractivity contribution is -0.139. The Morgan fingerprint density at radius 1 is 1.29 bits per heavy atom. The Bertz CT molecular complexity index is 749. The van der Waals surface area contributed by atoms with Crippen LogP contribution in [0.4, 0.5) is 10.5 Å². The molecule has 7 nitrogen and oxygen atoms in total. The summed E-state index contributed by atoms with van der Waals surface area (Å²) in [5.41, 5.74) is -1.04. The molecular weight excluding hydrogens is 360 g/mol. The number of carbonyl (C=O) groups is 2. The van der Waals surface area contributed by atoms with Gasteiger partial charge in [-0.2, -0.15) is 0 Å². The summed E-state index contributed by atoms with van der Waals surface area (Å²) in [5, 5.41) is 20.9. The summed E-state index contributed by atoms with van der Waals surface area (Å²) in [5.74, 6) is -0.398. The number of carbonyl (C=O) groups excluding carboxylic acids is 2. The third-order valence-electron chi connectivity index (χ3n) is 5.25. The number of nitrogens with zero attached hydrogens (tertiary/aromatic N) is 2. The van der Waals surface area contributed by atoms with E-state index in [1.54, 1.807) is 28.9 Å². The minimum atomic E-state index is -1.72. The monoisotopic (exact) mass is 390 g/mol. The quantitative estimate of drug-likeness (QED) is 0.827. The first kappa shape index (κ1) is 20.6. The van der Waals surface area contributed by atoms with Gasteiger partial charge in [0.25, 0.3) is 5.91 Å². The van der Waals surface area contributed by atoms with Gasteiger partial charge in [0.05, 0.1) is 11.8 Å². The Morgan fingerprint density at radius 3 is 2.46 bits per heavy atom. The lowest BCUT2D eigenvalue weighted by Crippen LogP contribution is -2.51. The van der Waals surface area contributed by atoms with Crippen LogP contribution < -0.4 is 4.90 Å². The van der Waals surface area contributed by atoms with E-state index in [0.29, 0.717) is 37.2 Å². The molecule has 0 aliphatic carbocycles. The van der Waals surface area contributed by atoms with E-state index in [4.69, 9.17) is 4.74 Å². The molecule has 3 rings (SSSR count). The molecule has 1 fully saturated rings. The van der Waals surface area contributed by atoms with Crippen molar-refractivity contribution in [3.8, 4) is 0 Å². The fourth-order valence-electron chi connectivity index (χ4n) is 4.08. The van der Waals surface area contributed by atoms with Crippen LogP contribution in [0.2, 0.25) is 0 Å². The Kier molecular flexibility index (Phi) is 5.42. The molecular formula is C21H30N2O5. The van der Waals surface area contributed by atoms with Crippen LogP contribution in [-0.2, 0) is 15.1 Å². The van der Waals surface area contributed by atoms with Crippen LogP contribution in [0, 0.1) is 0 Å². The minimum absolute atomic E-state index is 0.0455. The van der Waals surface area contributed by atoms with Crippen LogP contribution in [0.3, 0.4) is 0 Å². The average molecular weight is 390 g/mol. The van der Waals surface area contributed by atoms with Gasteiger partial charge in [0, 0.05) is 31.1 Å². The predicted octanol–water partition coefficient (Wildman–Crippen LogP) is 2.39. The number of anilines is 1. The number of likely N-dealkylation sites (tertiary alicyclic amines) is 1. The van der Waals surface area contributed by atoms with Gasteiger partial charge in [0.2, 0.25) is 0 Å². The van der Waals surface area contributed by atoms with Gasteiger partial charge in [-0.05, 0) is 46.6 Å². The molecule has 0 radical (unpaired) electrons. The maximum atomic E-state index is 13.2. The third kappa shape index (κ3) is 3.86. The van der Waals surface area contributed by atoms with Gasteiger partial charge in [0.15, 0.2) is 5.60 Å². The number of aliphatic hydroxyl groups excluding tert-OH is 1. The molecule has 7 heteroatoms. The van der Waals surface area contributed by atoms with Crippen LogP contribution in [-0.4, -0.2) is 57.9 Å². The summed E-state index contributed by atoms with van der Waals surface area (Å²) in [6.07, 6.45) is 0.00485. The first-order valence-electron chi connectivity index (χ1n) is 9.84. The Hall–Kier alpha value is -2.12. The molecule has 2 aliphatic rings. The standard InChI is InChI=1S/C21H30N2O5/c1-14(24)13-21(27)16-7-5-6-8-17(16)23(18(21)25)15-9-11-22(12-10-15)19(26)28-20(2,3)4/h5-8,14-15,24,27H,9-13H2,1-4H3. The lowest BCUT2D eigenvalue weighted by atomic mass is 9.90. The normalized spacial score (nSPS) is 24.3. The number of rotatable bonds is 3. The zero-order chi connectivity index (χ0) is 20.7. The van der Waals surface area contributed by atoms with E-state index in [2.05, 4.69) is 0 Å². The van der Waals surface area contributed by atoms with Crippen molar-refractivity contribution in [2.75, 3.05) is 18.0 Å². The van der Waals surface area contributed by atoms with Crippen LogP contribution in [0.1, 0.15) is 52.5 Å². The molecule has 1 saturated heterocycles. The van der Waals surface area contributed by atoms with E-state index in [1.165, 1.54) is 0 Å². The van der Waals surface area contributed by atoms with Crippen molar-refractivity contribution < 1.29 is 24.5 Å². The van der Waals surface area contributed by atoms with Crippen molar-refractivity contribution >= 4 is 17.7 Å². The van der Waals surface area contributed by atoms with Gasteiger partial charge < -0.3 is 24.7 Å². The first-order valence-corrected chi connectivity index (χ1v) is 9.84. The van der Waals surface area contributed by atoms with Crippen molar-refractivity contribution in [2.45, 2.75) is 70.3 Å². The molecule has 28 heavy (non-hydrogen) atoms. The number of aliphatic hydroxyl groups is 2. The molecule has 0 spiro atoms. The third-order valence-corrected chi connectivity index (χ3v) is 5.25. The number of ether oxygens (including phenoxy) is 1. The maximum absolute atomic E-state index is 13.2. The number of benzene rings is 1. The van der Waals surface area contributed by atoms with Gasteiger partial charge in [0.1, 0.15) is 5.60 Å². The van der Waals surface area contributed by atoms with E-state index in [9.17, 15) is 19.8 Å². The minimum Gasteiger partial charge on any atom is -0.444 e. The van der Waals surface area contributed by atoms with Gasteiger partial charge in [-0.1, -0.05) is 18.2 Å². The Labute approximate surface area is 165 Å². The summed E-state index contributed by atoms with van der Waals surface area (Å²) in [7, 11) is 0. The summed E-state index contributed by atoms with van der Waals surface area (Å²) < 4.78 is 5.43. The smallest absolute Gasteiger partial charge is 0.410 e. The fraction of sp³-hybridized carbons (Fsp3) is 0.619. The van der Waals surface area contributed by atoms with E-state index < -0.39 is 23.2 Å². The number of hydrogen-bond donors (Lipinski definition) is 2. The molecule has 2 atom stereocenters. The van der Waals surface area contributed by atoms with E-state index in [0.717, 1.165) is 0 Å². The second kappa shape index (κ2) is 7.37. The van der Waals surface area contributed by atoms with Crippen molar-refractivity contribution in [1.82, 2.24) is 4.90 Å². The van der Waals surface area contributed by atoms with Crippen LogP contribution in [0.25, 0.3) is 0 Å². The van der Waals surface area contributed by atoms with Gasteiger partial charge in [-0.15, -0.1) is 0 Å². The zero-order valence-electron chi connectivity index (χ0n) is 17.0. The molecule has 2 unspecified atom stereocenters. The summed E-state index contributed by atoms with van der Waals surface area (Å²) in [6, 6.07) is 7.07. The van der Waals surface area contributed by atoms with Crippen LogP contribution in [0.5, 0.6) is 0 Å². The SMILES string of the molecule is CC(O)CC1(O)C(=O)N(C2CCN(C(=O)OC(C)(C)C)CC2)c2ccccc21.